The first kappa shape index (κ1) is 46.0. The average molecular weight is 777 g/mol. The van der Waals surface area contributed by atoms with Crippen LogP contribution in [0.25, 0.3) is 0 Å². The lowest BCUT2D eigenvalue weighted by Crippen LogP contribution is -2.61. The topological polar surface area (TPSA) is 141 Å². The molecule has 0 saturated heterocycles. The van der Waals surface area contributed by atoms with Crippen LogP contribution in [0, 0.1) is 23.2 Å². The number of ether oxygens (including phenoxy) is 2. The molecule has 1 heterocycles. The van der Waals surface area contributed by atoms with Gasteiger partial charge in [0.15, 0.2) is 0 Å². The van der Waals surface area contributed by atoms with E-state index in [-0.39, 0.29) is 29.9 Å². The molecule has 9 nitrogen and oxygen atoms in total. The van der Waals surface area contributed by atoms with E-state index in [1.54, 1.807) is 7.11 Å². The van der Waals surface area contributed by atoms with E-state index in [2.05, 4.69) is 66.6 Å². The van der Waals surface area contributed by atoms with Crippen molar-refractivity contribution in [3.05, 3.63) is 94.1 Å². The lowest BCUT2D eigenvalue weighted by molar-refractivity contribution is -0.180. The summed E-state index contributed by atoms with van der Waals surface area (Å²) in [4.78, 5) is 12.1. The van der Waals surface area contributed by atoms with Gasteiger partial charge in [-0.1, -0.05) is 66.3 Å². The summed E-state index contributed by atoms with van der Waals surface area (Å²) in [6, 6.07) is 8.71. The average Bonchev–Trinajstić information content (AvgIpc) is 3.52. The molecule has 0 amide bonds. The molecule has 1 aliphatic heterocycles. The van der Waals surface area contributed by atoms with Gasteiger partial charge >= 0.3 is 0 Å². The highest BCUT2D eigenvalue weighted by Gasteiger charge is 2.65. The van der Waals surface area contributed by atoms with E-state index in [4.69, 9.17) is 9.47 Å². The Morgan fingerprint density at radius 3 is 2.64 bits per heavy atom. The van der Waals surface area contributed by atoms with Crippen molar-refractivity contribution in [3.63, 3.8) is 0 Å². The molecule has 2 bridgehead atoms. The lowest BCUT2D eigenvalue weighted by Gasteiger charge is -2.57. The SMILES string of the molecule is C=C(/C=C/C=C(/COCC)[C@@H]1CC[C@]2([C@@H]1O)[C@@H](CCCO)/C(=C(/C)C=O)CC[C@]2(O)CCNC)[C@H]1C/C=C(\C)[C@@H](O)N[C@@](C)(CCOC)Cc2cccc(c2)C1. The number of hydrogen-bond acceptors (Lipinski definition) is 9. The van der Waals surface area contributed by atoms with Crippen molar-refractivity contribution in [1.82, 2.24) is 10.6 Å². The van der Waals surface area contributed by atoms with Gasteiger partial charge in [-0.2, -0.15) is 0 Å². The van der Waals surface area contributed by atoms with Crippen LogP contribution < -0.4 is 10.6 Å². The zero-order chi connectivity index (χ0) is 40.9. The number of allylic oxidation sites excluding steroid dienone is 7. The molecule has 1 spiro atoms. The summed E-state index contributed by atoms with van der Waals surface area (Å²) in [5.41, 5.74) is 4.54. The fourth-order valence-electron chi connectivity index (χ4n) is 10.0. The van der Waals surface area contributed by atoms with Crippen molar-refractivity contribution in [2.24, 2.45) is 23.2 Å². The summed E-state index contributed by atoms with van der Waals surface area (Å²) in [5.74, 6) is -0.399. The summed E-state index contributed by atoms with van der Waals surface area (Å²) in [6.07, 6.45) is 14.5. The molecule has 0 aromatic heterocycles. The molecule has 0 radical (unpaired) electrons. The molecule has 4 rings (SSSR count). The van der Waals surface area contributed by atoms with E-state index in [1.807, 2.05) is 33.9 Å². The zero-order valence-electron chi connectivity index (χ0n) is 35.1. The van der Waals surface area contributed by atoms with Gasteiger partial charge in [0.2, 0.25) is 0 Å². The summed E-state index contributed by atoms with van der Waals surface area (Å²) in [5, 5.41) is 53.1. The van der Waals surface area contributed by atoms with Crippen LogP contribution in [-0.2, 0) is 27.1 Å². The predicted molar refractivity (Wildman–Crippen MR) is 225 cm³/mol. The number of nitrogens with one attached hydrogen (secondary N) is 2. The molecule has 1 aromatic carbocycles. The van der Waals surface area contributed by atoms with Gasteiger partial charge in [-0.25, -0.2) is 0 Å². The first-order valence-electron chi connectivity index (χ1n) is 21.0. The molecule has 312 valence electrons. The summed E-state index contributed by atoms with van der Waals surface area (Å²) < 4.78 is 11.4. The smallest absolute Gasteiger partial charge is 0.145 e. The number of methoxy groups -OCH3 is 1. The van der Waals surface area contributed by atoms with Gasteiger partial charge in [0, 0.05) is 43.8 Å². The fraction of sp³-hybridized carbons (Fsp3) is 0.638. The van der Waals surface area contributed by atoms with Gasteiger partial charge < -0.3 is 35.2 Å². The summed E-state index contributed by atoms with van der Waals surface area (Å²) in [7, 11) is 3.58. The van der Waals surface area contributed by atoms with Gasteiger partial charge in [0.25, 0.3) is 0 Å². The quantitative estimate of drug-likeness (QED) is 0.0465. The van der Waals surface area contributed by atoms with E-state index >= 15 is 0 Å². The zero-order valence-corrected chi connectivity index (χ0v) is 35.1. The molecule has 8 atom stereocenters. The number of fused-ring (bicyclic) bond motifs is 2. The second-order valence-corrected chi connectivity index (χ2v) is 17.0. The Balaban J connectivity index is 1.66. The van der Waals surface area contributed by atoms with Crippen molar-refractivity contribution >= 4 is 6.29 Å². The molecule has 2 saturated carbocycles. The maximum atomic E-state index is 12.6. The molecule has 9 heteroatoms. The highest BCUT2D eigenvalue weighted by molar-refractivity contribution is 5.74. The number of aliphatic hydroxyl groups is 4. The van der Waals surface area contributed by atoms with Crippen LogP contribution in [0.2, 0.25) is 0 Å². The maximum Gasteiger partial charge on any atom is 0.145 e. The molecular formula is C47H72N2O7. The van der Waals surface area contributed by atoms with Crippen LogP contribution in [-0.4, -0.2) is 97.3 Å². The van der Waals surface area contributed by atoms with E-state index in [0.29, 0.717) is 83.3 Å². The third kappa shape index (κ3) is 10.9. The normalized spacial score (nSPS) is 33.5. The van der Waals surface area contributed by atoms with E-state index in [9.17, 15) is 25.2 Å². The Bertz CT molecular complexity index is 1580. The van der Waals surface area contributed by atoms with Crippen LogP contribution in [0.1, 0.15) is 96.6 Å². The van der Waals surface area contributed by atoms with Gasteiger partial charge in [0.1, 0.15) is 12.5 Å². The summed E-state index contributed by atoms with van der Waals surface area (Å²) >= 11 is 0. The first-order chi connectivity index (χ1) is 26.8. The van der Waals surface area contributed by atoms with Crippen LogP contribution >= 0.6 is 0 Å². The number of carbonyl (C=O) groups excluding carboxylic acids is 1. The first-order valence-corrected chi connectivity index (χ1v) is 21.0. The second kappa shape index (κ2) is 21.3. The minimum absolute atomic E-state index is 0.00617. The Labute approximate surface area is 337 Å². The van der Waals surface area contributed by atoms with Crippen LogP contribution in [0.4, 0.5) is 0 Å². The lowest BCUT2D eigenvalue weighted by atomic mass is 9.51. The number of aliphatic hydroxyl groups excluding tert-OH is 3. The molecule has 1 aromatic rings. The maximum absolute atomic E-state index is 12.6. The fourth-order valence-corrected chi connectivity index (χ4v) is 10.0. The minimum Gasteiger partial charge on any atom is -0.396 e. The Morgan fingerprint density at radius 1 is 1.18 bits per heavy atom. The second-order valence-electron chi connectivity index (χ2n) is 17.0. The van der Waals surface area contributed by atoms with Crippen molar-refractivity contribution in [2.75, 3.05) is 47.1 Å². The van der Waals surface area contributed by atoms with E-state index < -0.39 is 23.3 Å². The van der Waals surface area contributed by atoms with Gasteiger partial charge in [-0.3, -0.25) is 10.1 Å². The largest absolute Gasteiger partial charge is 0.396 e. The monoisotopic (exact) mass is 777 g/mol. The third-order valence-electron chi connectivity index (χ3n) is 13.3. The van der Waals surface area contributed by atoms with Gasteiger partial charge in [0.05, 0.1) is 18.3 Å². The van der Waals surface area contributed by atoms with E-state index in [1.165, 1.54) is 11.1 Å². The summed E-state index contributed by atoms with van der Waals surface area (Å²) in [6.45, 7) is 14.5. The number of benzene rings is 1. The number of rotatable bonds is 17. The van der Waals surface area contributed by atoms with Crippen molar-refractivity contribution in [3.8, 4) is 0 Å². The number of aldehydes is 1. The number of carbonyl (C=O) groups is 1. The van der Waals surface area contributed by atoms with Crippen LogP contribution in [0.15, 0.2) is 83.0 Å². The molecular weight excluding hydrogens is 705 g/mol. The predicted octanol–water partition coefficient (Wildman–Crippen LogP) is 6.31. The van der Waals surface area contributed by atoms with Gasteiger partial charge in [-0.05, 0) is 152 Å². The van der Waals surface area contributed by atoms with Crippen molar-refractivity contribution in [2.45, 2.75) is 122 Å². The standard InChI is InChI=1S/C47H72N2O7/c1-8-56-32-39(41-20-22-47(43(41)52)42(16-11-26-50)40(35(4)31-51)19-21-46(47,54)23-25-48-6)15-9-12-33(2)38-18-17-34(3)44(53)49-45(5,24-27-55-7)30-37-14-10-13-36(28-37)29-38/h9-10,12-15,17,28,31,38,41-44,48-50,52-54H,2,8,11,16,18-27,29-30,32H2,1,3-7H3/b12-9+,34-17+,39-15-,40-35-/t38-,41-,42-,43+,44+,45-,46-,47+/m0/s1. The molecule has 3 aliphatic rings. The van der Waals surface area contributed by atoms with Crippen LogP contribution in [0.5, 0.6) is 0 Å². The van der Waals surface area contributed by atoms with Crippen LogP contribution in [0.3, 0.4) is 0 Å². The number of hydrogen-bond donors (Lipinski definition) is 6. The highest BCUT2D eigenvalue weighted by atomic mass is 16.5. The van der Waals surface area contributed by atoms with Gasteiger partial charge in [-0.15, -0.1) is 0 Å². The van der Waals surface area contributed by atoms with E-state index in [0.717, 1.165) is 47.8 Å². The highest BCUT2D eigenvalue weighted by Crippen LogP contribution is 2.64. The molecule has 2 aliphatic carbocycles. The molecule has 6 N–H and O–H groups in total. The molecule has 56 heavy (non-hydrogen) atoms. The molecule has 0 unspecified atom stereocenters. The Morgan fingerprint density at radius 2 is 1.95 bits per heavy atom. The minimum atomic E-state index is -1.15. The molecule has 2 fully saturated rings. The van der Waals surface area contributed by atoms with Crippen molar-refractivity contribution in [1.29, 1.82) is 0 Å². The Kier molecular flexibility index (Phi) is 17.5. The Hall–Kier alpha value is -2.73. The van der Waals surface area contributed by atoms with Crippen molar-refractivity contribution < 1.29 is 34.7 Å². The third-order valence-corrected chi connectivity index (χ3v) is 13.3.